The number of nitrogens with one attached hydrogen (secondary N) is 2. The second-order valence-electron chi connectivity index (χ2n) is 8.51. The molecule has 0 saturated carbocycles. The lowest BCUT2D eigenvalue weighted by atomic mass is 10.0. The first-order chi connectivity index (χ1) is 16.8. The minimum Gasteiger partial charge on any atom is -0.324 e. The molecule has 1 saturated heterocycles. The zero-order valence-corrected chi connectivity index (χ0v) is 20.3. The van der Waals surface area contributed by atoms with E-state index in [-0.39, 0.29) is 17.4 Å². The summed E-state index contributed by atoms with van der Waals surface area (Å²) >= 11 is 5.62. The lowest BCUT2D eigenvalue weighted by molar-refractivity contribution is -0.127. The van der Waals surface area contributed by atoms with Crippen molar-refractivity contribution in [3.05, 3.63) is 96.1 Å². The molecule has 3 aromatic rings. The Kier molecular flexibility index (Phi) is 7.22. The van der Waals surface area contributed by atoms with Crippen molar-refractivity contribution in [1.29, 1.82) is 0 Å². The molecule has 0 aliphatic carbocycles. The standard InChI is InChI=1S/C27H26N4O3S/c1-18(2)19-13-15-21(16-14-19)28-26(34)23-17-24(32)30(22-11-7-4-8-12-22)27(35)31(23)29-25(33)20-9-5-3-6-10-20/h3-16,18,23H,17H2,1-2H3,(H,28,34)(H,29,33)/t23-/m1/s1. The van der Waals surface area contributed by atoms with Crippen molar-refractivity contribution in [2.45, 2.75) is 32.2 Å². The van der Waals surface area contributed by atoms with E-state index < -0.39 is 17.9 Å². The molecule has 35 heavy (non-hydrogen) atoms. The molecule has 4 rings (SSSR count). The van der Waals surface area contributed by atoms with Crippen LogP contribution in [0.5, 0.6) is 0 Å². The van der Waals surface area contributed by atoms with Gasteiger partial charge in [-0.3, -0.25) is 24.7 Å². The van der Waals surface area contributed by atoms with Gasteiger partial charge in [0.25, 0.3) is 5.91 Å². The van der Waals surface area contributed by atoms with E-state index in [1.807, 2.05) is 30.3 Å². The number of nitrogens with zero attached hydrogens (tertiary/aromatic N) is 2. The van der Waals surface area contributed by atoms with Gasteiger partial charge < -0.3 is 5.32 Å². The van der Waals surface area contributed by atoms with Gasteiger partial charge in [0.1, 0.15) is 6.04 Å². The highest BCUT2D eigenvalue weighted by molar-refractivity contribution is 7.80. The van der Waals surface area contributed by atoms with Gasteiger partial charge in [-0.1, -0.05) is 62.4 Å². The maximum atomic E-state index is 13.3. The maximum Gasteiger partial charge on any atom is 0.269 e. The van der Waals surface area contributed by atoms with E-state index >= 15 is 0 Å². The van der Waals surface area contributed by atoms with Crippen molar-refractivity contribution >= 4 is 46.4 Å². The van der Waals surface area contributed by atoms with Crippen LogP contribution in [-0.2, 0) is 9.59 Å². The van der Waals surface area contributed by atoms with Gasteiger partial charge in [0.2, 0.25) is 16.9 Å². The van der Waals surface area contributed by atoms with E-state index in [0.29, 0.717) is 22.9 Å². The first kappa shape index (κ1) is 24.1. The van der Waals surface area contributed by atoms with E-state index in [0.717, 1.165) is 5.56 Å². The summed E-state index contributed by atoms with van der Waals surface area (Å²) in [7, 11) is 0. The fourth-order valence-corrected chi connectivity index (χ4v) is 4.18. The summed E-state index contributed by atoms with van der Waals surface area (Å²) in [6.07, 6.45) is -0.167. The third-order valence-corrected chi connectivity index (χ3v) is 6.13. The Bertz CT molecular complexity index is 1230. The highest BCUT2D eigenvalue weighted by Crippen LogP contribution is 2.25. The first-order valence-electron chi connectivity index (χ1n) is 11.3. The summed E-state index contributed by atoms with van der Waals surface area (Å²) in [6, 6.07) is 24.0. The highest BCUT2D eigenvalue weighted by Gasteiger charge is 2.41. The molecule has 3 aromatic carbocycles. The summed E-state index contributed by atoms with van der Waals surface area (Å²) in [4.78, 5) is 40.7. The van der Waals surface area contributed by atoms with E-state index in [1.54, 1.807) is 54.6 Å². The van der Waals surface area contributed by atoms with E-state index in [4.69, 9.17) is 12.2 Å². The fraction of sp³-hybridized carbons (Fsp3) is 0.185. The van der Waals surface area contributed by atoms with Crippen LogP contribution in [0.15, 0.2) is 84.9 Å². The van der Waals surface area contributed by atoms with Crippen LogP contribution in [0.1, 0.15) is 42.1 Å². The molecule has 0 unspecified atom stereocenters. The molecule has 8 heteroatoms. The molecule has 1 aliphatic rings. The third-order valence-electron chi connectivity index (χ3n) is 5.75. The molecular weight excluding hydrogens is 460 g/mol. The molecule has 3 amide bonds. The smallest absolute Gasteiger partial charge is 0.269 e. The van der Waals surface area contributed by atoms with Crippen molar-refractivity contribution in [2.75, 3.05) is 10.2 Å². The quantitative estimate of drug-likeness (QED) is 0.502. The van der Waals surface area contributed by atoms with Gasteiger partial charge >= 0.3 is 0 Å². The normalized spacial score (nSPS) is 15.8. The second-order valence-corrected chi connectivity index (χ2v) is 8.88. The number of benzene rings is 3. The molecule has 0 bridgehead atoms. The molecule has 1 atom stereocenters. The summed E-state index contributed by atoms with van der Waals surface area (Å²) in [5.74, 6) is -0.851. The number of carbonyl (C=O) groups is 3. The predicted octanol–water partition coefficient (Wildman–Crippen LogP) is 4.49. The van der Waals surface area contributed by atoms with Crippen LogP contribution in [-0.4, -0.2) is 33.9 Å². The van der Waals surface area contributed by atoms with E-state index in [2.05, 4.69) is 24.6 Å². The number of thiocarbonyl (C=S) groups is 1. The van der Waals surface area contributed by atoms with Crippen LogP contribution in [0, 0.1) is 0 Å². The SMILES string of the molecule is CC(C)c1ccc(NC(=O)[C@H]2CC(=O)N(c3ccccc3)C(=S)N2NC(=O)c2ccccc2)cc1. The zero-order chi connectivity index (χ0) is 24.9. The van der Waals surface area contributed by atoms with Crippen LogP contribution in [0.2, 0.25) is 0 Å². The van der Waals surface area contributed by atoms with Gasteiger partial charge in [-0.25, -0.2) is 5.01 Å². The van der Waals surface area contributed by atoms with Crippen LogP contribution in [0.3, 0.4) is 0 Å². The third kappa shape index (κ3) is 5.38. The molecular formula is C27H26N4O3S. The number of hydrazine groups is 1. The number of rotatable bonds is 6. The summed E-state index contributed by atoms with van der Waals surface area (Å²) in [5.41, 5.74) is 5.45. The Labute approximate surface area is 209 Å². The molecule has 0 aromatic heterocycles. The van der Waals surface area contributed by atoms with Crippen LogP contribution < -0.4 is 15.6 Å². The van der Waals surface area contributed by atoms with Gasteiger partial charge in [-0.2, -0.15) is 0 Å². The lowest BCUT2D eigenvalue weighted by Gasteiger charge is -2.41. The molecule has 1 fully saturated rings. The highest BCUT2D eigenvalue weighted by atomic mass is 32.1. The molecule has 1 heterocycles. The van der Waals surface area contributed by atoms with Crippen LogP contribution in [0.4, 0.5) is 11.4 Å². The lowest BCUT2D eigenvalue weighted by Crippen LogP contribution is -2.65. The first-order valence-corrected chi connectivity index (χ1v) is 11.7. The van der Waals surface area contributed by atoms with Crippen LogP contribution >= 0.6 is 12.2 Å². The molecule has 178 valence electrons. The van der Waals surface area contributed by atoms with Gasteiger partial charge in [0.15, 0.2) is 0 Å². The monoisotopic (exact) mass is 486 g/mol. The summed E-state index contributed by atoms with van der Waals surface area (Å²) in [5, 5.41) is 4.18. The molecule has 0 spiro atoms. The Morgan fingerprint density at radius 1 is 0.914 bits per heavy atom. The van der Waals surface area contributed by atoms with E-state index in [1.165, 1.54) is 9.91 Å². The van der Waals surface area contributed by atoms with Crippen molar-refractivity contribution < 1.29 is 14.4 Å². The van der Waals surface area contributed by atoms with E-state index in [9.17, 15) is 14.4 Å². The average molecular weight is 487 g/mol. The number of carbonyl (C=O) groups excluding carboxylic acids is 3. The number of amides is 3. The average Bonchev–Trinajstić information content (AvgIpc) is 2.87. The zero-order valence-electron chi connectivity index (χ0n) is 19.5. The van der Waals surface area contributed by atoms with Crippen molar-refractivity contribution in [3.8, 4) is 0 Å². The Morgan fingerprint density at radius 3 is 2.11 bits per heavy atom. The predicted molar refractivity (Wildman–Crippen MR) is 140 cm³/mol. The minimum absolute atomic E-state index is 0.0204. The minimum atomic E-state index is -1.02. The van der Waals surface area contributed by atoms with Crippen LogP contribution in [0.25, 0.3) is 0 Å². The van der Waals surface area contributed by atoms with Gasteiger partial charge in [0, 0.05) is 11.3 Å². The second kappa shape index (κ2) is 10.5. The Hall–Kier alpha value is -4.04. The Balaban J connectivity index is 1.61. The molecule has 2 N–H and O–H groups in total. The van der Waals surface area contributed by atoms with Gasteiger partial charge in [-0.15, -0.1) is 0 Å². The summed E-state index contributed by atoms with van der Waals surface area (Å²) in [6.45, 7) is 4.18. The molecule has 1 aliphatic heterocycles. The number of hydrogen-bond acceptors (Lipinski definition) is 4. The van der Waals surface area contributed by atoms with Gasteiger partial charge in [-0.05, 0) is 60.1 Å². The molecule has 0 radical (unpaired) electrons. The topological polar surface area (TPSA) is 81.8 Å². The fourth-order valence-electron chi connectivity index (χ4n) is 3.80. The number of para-hydroxylation sites is 1. The van der Waals surface area contributed by atoms with Crippen molar-refractivity contribution in [2.24, 2.45) is 0 Å². The largest absolute Gasteiger partial charge is 0.324 e. The summed E-state index contributed by atoms with van der Waals surface area (Å²) < 4.78 is 0. The molecule has 7 nitrogen and oxygen atoms in total. The van der Waals surface area contributed by atoms with Crippen molar-refractivity contribution in [1.82, 2.24) is 10.4 Å². The van der Waals surface area contributed by atoms with Crippen molar-refractivity contribution in [3.63, 3.8) is 0 Å². The number of hydrogen-bond donors (Lipinski definition) is 2. The maximum absolute atomic E-state index is 13.3. The number of anilines is 2. The Morgan fingerprint density at radius 2 is 1.51 bits per heavy atom. The van der Waals surface area contributed by atoms with Gasteiger partial charge in [0.05, 0.1) is 12.1 Å².